The van der Waals surface area contributed by atoms with Gasteiger partial charge in [-0.2, -0.15) is 0 Å². The molecule has 6 heteroatoms. The summed E-state index contributed by atoms with van der Waals surface area (Å²) < 4.78 is 9.49. The largest absolute Gasteiger partial charge is 0.452 e. The van der Waals surface area contributed by atoms with Crippen molar-refractivity contribution in [3.8, 4) is 0 Å². The third-order valence-electron chi connectivity index (χ3n) is 2.21. The van der Waals surface area contributed by atoms with Crippen LogP contribution in [0.4, 0.5) is 0 Å². The fourth-order valence-corrected chi connectivity index (χ4v) is 1.42. The Labute approximate surface area is 101 Å². The van der Waals surface area contributed by atoms with Gasteiger partial charge in [-0.15, -0.1) is 0 Å². The number of amides is 1. The van der Waals surface area contributed by atoms with Crippen LogP contribution in [0, 0.1) is 0 Å². The van der Waals surface area contributed by atoms with Crippen LogP contribution >= 0.6 is 0 Å². The number of esters is 1. The van der Waals surface area contributed by atoms with E-state index in [1.54, 1.807) is 24.3 Å². The predicted molar refractivity (Wildman–Crippen MR) is 62.0 cm³/mol. The quantitative estimate of drug-likeness (QED) is 0.626. The molecule has 0 saturated heterocycles. The van der Waals surface area contributed by atoms with Gasteiger partial charge < -0.3 is 14.9 Å². The maximum absolute atomic E-state index is 11.5. The fraction of sp³-hybridized carbons (Fsp3) is 0.0833. The van der Waals surface area contributed by atoms with Crippen LogP contribution in [-0.4, -0.2) is 18.5 Å². The molecule has 1 aromatic heterocycles. The molecular formula is C12H9NO5. The van der Waals surface area contributed by atoms with E-state index in [4.69, 9.17) is 10.2 Å². The van der Waals surface area contributed by atoms with Gasteiger partial charge in [-0.1, -0.05) is 18.2 Å². The van der Waals surface area contributed by atoms with Crippen LogP contribution in [0.15, 0.2) is 39.5 Å². The molecule has 0 spiro atoms. The fourth-order valence-electron chi connectivity index (χ4n) is 1.42. The summed E-state index contributed by atoms with van der Waals surface area (Å²) in [6.07, 6.45) is 0. The average Bonchev–Trinajstić information content (AvgIpc) is 2.35. The molecule has 0 fully saturated rings. The number of carbonyl (C=O) groups is 2. The molecule has 1 heterocycles. The highest BCUT2D eigenvalue weighted by atomic mass is 16.5. The van der Waals surface area contributed by atoms with Gasteiger partial charge in [0, 0.05) is 5.39 Å². The zero-order chi connectivity index (χ0) is 13.1. The van der Waals surface area contributed by atoms with Gasteiger partial charge in [0.15, 0.2) is 6.61 Å². The highest BCUT2D eigenvalue weighted by molar-refractivity contribution is 5.93. The molecule has 0 aliphatic carbocycles. The van der Waals surface area contributed by atoms with Crippen LogP contribution in [0.3, 0.4) is 0 Å². The first-order valence-corrected chi connectivity index (χ1v) is 5.06. The summed E-state index contributed by atoms with van der Waals surface area (Å²) in [6.45, 7) is -0.578. The lowest BCUT2D eigenvalue weighted by molar-refractivity contribution is -0.121. The van der Waals surface area contributed by atoms with Crippen LogP contribution in [0.1, 0.15) is 10.4 Å². The molecule has 92 valence electrons. The van der Waals surface area contributed by atoms with Crippen molar-refractivity contribution in [2.45, 2.75) is 0 Å². The molecule has 1 aromatic carbocycles. The van der Waals surface area contributed by atoms with E-state index in [1.165, 1.54) is 6.07 Å². The molecule has 2 N–H and O–H groups in total. The van der Waals surface area contributed by atoms with Crippen molar-refractivity contribution in [3.63, 3.8) is 0 Å². The van der Waals surface area contributed by atoms with Crippen LogP contribution in [-0.2, 0) is 9.53 Å². The zero-order valence-electron chi connectivity index (χ0n) is 9.21. The number of carbonyl (C=O) groups excluding carboxylic acids is 2. The second-order valence-corrected chi connectivity index (χ2v) is 3.53. The van der Waals surface area contributed by atoms with Crippen LogP contribution in [0.25, 0.3) is 11.0 Å². The second kappa shape index (κ2) is 4.70. The molecule has 0 aliphatic heterocycles. The second-order valence-electron chi connectivity index (χ2n) is 3.53. The lowest BCUT2D eigenvalue weighted by Crippen LogP contribution is -2.23. The van der Waals surface area contributed by atoms with Crippen LogP contribution < -0.4 is 11.4 Å². The molecule has 0 bridgehead atoms. The number of rotatable bonds is 3. The van der Waals surface area contributed by atoms with E-state index in [1.807, 2.05) is 0 Å². The summed E-state index contributed by atoms with van der Waals surface area (Å²) in [7, 11) is 0. The van der Waals surface area contributed by atoms with Crippen molar-refractivity contribution in [1.82, 2.24) is 0 Å². The highest BCUT2D eigenvalue weighted by Gasteiger charge is 2.15. The molecule has 0 atom stereocenters. The Morgan fingerprint density at radius 3 is 2.72 bits per heavy atom. The summed E-state index contributed by atoms with van der Waals surface area (Å²) in [4.78, 5) is 33.5. The molecular weight excluding hydrogens is 238 g/mol. The minimum atomic E-state index is -0.937. The topological polar surface area (TPSA) is 99.6 Å². The monoisotopic (exact) mass is 247 g/mol. The van der Waals surface area contributed by atoms with Crippen LogP contribution in [0.2, 0.25) is 0 Å². The normalized spacial score (nSPS) is 10.2. The van der Waals surface area contributed by atoms with E-state index in [9.17, 15) is 14.4 Å². The smallest absolute Gasteiger partial charge is 0.351 e. The van der Waals surface area contributed by atoms with E-state index in [0.29, 0.717) is 11.0 Å². The Kier molecular flexibility index (Phi) is 3.09. The maximum atomic E-state index is 11.5. The molecule has 0 saturated carbocycles. The van der Waals surface area contributed by atoms with Gasteiger partial charge in [0.2, 0.25) is 0 Å². The number of benzene rings is 1. The van der Waals surface area contributed by atoms with E-state index in [-0.39, 0.29) is 5.56 Å². The third kappa shape index (κ3) is 2.37. The van der Waals surface area contributed by atoms with E-state index < -0.39 is 24.1 Å². The SMILES string of the molecule is NC(=O)COC(=O)c1cc2ccccc2oc1=O. The summed E-state index contributed by atoms with van der Waals surface area (Å²) in [5, 5.41) is 0.586. The highest BCUT2D eigenvalue weighted by Crippen LogP contribution is 2.12. The van der Waals surface area contributed by atoms with Crippen molar-refractivity contribution < 1.29 is 18.7 Å². The molecule has 2 aromatic rings. The summed E-state index contributed by atoms with van der Waals surface area (Å²) in [6, 6.07) is 8.08. The Bertz CT molecular complexity index is 673. The van der Waals surface area contributed by atoms with Crippen molar-refractivity contribution in [2.75, 3.05) is 6.61 Å². The van der Waals surface area contributed by atoms with Crippen molar-refractivity contribution in [1.29, 1.82) is 0 Å². The van der Waals surface area contributed by atoms with Crippen molar-refractivity contribution in [3.05, 3.63) is 46.3 Å². The number of primary amides is 1. The molecule has 0 aliphatic rings. The molecule has 0 unspecified atom stereocenters. The molecule has 1 amide bonds. The van der Waals surface area contributed by atoms with Gasteiger partial charge in [0.05, 0.1) is 0 Å². The third-order valence-corrected chi connectivity index (χ3v) is 2.21. The van der Waals surface area contributed by atoms with Gasteiger partial charge in [0.1, 0.15) is 11.1 Å². The van der Waals surface area contributed by atoms with E-state index >= 15 is 0 Å². The lowest BCUT2D eigenvalue weighted by Gasteiger charge is -2.02. The Hall–Kier alpha value is -2.63. The van der Waals surface area contributed by atoms with Gasteiger partial charge in [-0.05, 0) is 12.1 Å². The van der Waals surface area contributed by atoms with E-state index in [2.05, 4.69) is 4.74 Å². The number of hydrogen-bond donors (Lipinski definition) is 1. The first-order chi connectivity index (χ1) is 8.58. The number of para-hydroxylation sites is 1. The Morgan fingerprint density at radius 2 is 2.00 bits per heavy atom. The van der Waals surface area contributed by atoms with Gasteiger partial charge in [-0.25, -0.2) is 9.59 Å². The van der Waals surface area contributed by atoms with E-state index in [0.717, 1.165) is 0 Å². The number of ether oxygens (including phenoxy) is 1. The predicted octanol–water partition coefficient (Wildman–Crippen LogP) is 0.435. The maximum Gasteiger partial charge on any atom is 0.351 e. The molecule has 2 rings (SSSR count). The van der Waals surface area contributed by atoms with Crippen LogP contribution in [0.5, 0.6) is 0 Å². The number of hydrogen-bond acceptors (Lipinski definition) is 5. The molecule has 6 nitrogen and oxygen atoms in total. The first kappa shape index (κ1) is 11.8. The molecule has 18 heavy (non-hydrogen) atoms. The number of nitrogens with two attached hydrogens (primary N) is 1. The Balaban J connectivity index is 2.38. The van der Waals surface area contributed by atoms with Gasteiger partial charge >= 0.3 is 11.6 Å². The average molecular weight is 247 g/mol. The summed E-state index contributed by atoms with van der Waals surface area (Å²) in [5.74, 6) is -1.73. The summed E-state index contributed by atoms with van der Waals surface area (Å²) >= 11 is 0. The minimum Gasteiger partial charge on any atom is -0.452 e. The zero-order valence-corrected chi connectivity index (χ0v) is 9.21. The van der Waals surface area contributed by atoms with Gasteiger partial charge in [0.25, 0.3) is 5.91 Å². The summed E-state index contributed by atoms with van der Waals surface area (Å²) in [5.41, 5.74) is 4.11. The lowest BCUT2D eigenvalue weighted by atomic mass is 10.2. The van der Waals surface area contributed by atoms with Crippen molar-refractivity contribution >= 4 is 22.8 Å². The first-order valence-electron chi connectivity index (χ1n) is 5.06. The van der Waals surface area contributed by atoms with Gasteiger partial charge in [-0.3, -0.25) is 4.79 Å². The minimum absolute atomic E-state index is 0.269. The number of fused-ring (bicyclic) bond motifs is 1. The molecule has 0 radical (unpaired) electrons. The Morgan fingerprint density at radius 1 is 1.28 bits per heavy atom. The standard InChI is InChI=1S/C12H9NO5/c13-10(14)6-17-11(15)8-5-7-3-1-2-4-9(7)18-12(8)16/h1-5H,6H2,(H2,13,14). The van der Waals surface area contributed by atoms with Crippen molar-refractivity contribution in [2.24, 2.45) is 5.73 Å².